The Bertz CT molecular complexity index is 536. The lowest BCUT2D eigenvalue weighted by Crippen LogP contribution is -2.40. The molecule has 1 N–H and O–H groups in total. The Hall–Kier alpha value is -1.39. The summed E-state index contributed by atoms with van der Waals surface area (Å²) < 4.78 is 5.61. The fraction of sp³-hybridized carbons (Fsp3) is 0.824. The van der Waals surface area contributed by atoms with Crippen molar-refractivity contribution in [3.05, 3.63) is 11.7 Å². The molecule has 22 heavy (non-hydrogen) atoms. The first kappa shape index (κ1) is 15.5. The highest BCUT2D eigenvalue weighted by molar-refractivity contribution is 5.73. The zero-order chi connectivity index (χ0) is 15.7. The number of carbonyl (C=O) groups excluding carboxylic acids is 1. The van der Waals surface area contributed by atoms with Crippen molar-refractivity contribution in [2.45, 2.75) is 77.2 Å². The molecule has 2 fully saturated rings. The maximum absolute atomic E-state index is 11.3. The molecule has 0 spiro atoms. The molecule has 0 bridgehead atoms. The molecule has 5 heteroatoms. The van der Waals surface area contributed by atoms with E-state index in [0.29, 0.717) is 17.7 Å². The summed E-state index contributed by atoms with van der Waals surface area (Å²) >= 11 is 0. The maximum atomic E-state index is 11.3. The van der Waals surface area contributed by atoms with E-state index in [1.807, 2.05) is 13.8 Å². The highest BCUT2D eigenvalue weighted by Gasteiger charge is 2.39. The second-order valence-corrected chi connectivity index (χ2v) is 7.51. The minimum absolute atomic E-state index is 0.0821. The number of nitrogens with zero attached hydrogens (tertiary/aromatic N) is 2. The Morgan fingerprint density at radius 2 is 1.91 bits per heavy atom. The van der Waals surface area contributed by atoms with Gasteiger partial charge in [0.15, 0.2) is 5.82 Å². The Labute approximate surface area is 132 Å². The molecule has 0 aliphatic heterocycles. The van der Waals surface area contributed by atoms with Gasteiger partial charge in [-0.25, -0.2) is 0 Å². The highest BCUT2D eigenvalue weighted by atomic mass is 16.5. The molecule has 3 atom stereocenters. The van der Waals surface area contributed by atoms with E-state index in [9.17, 15) is 4.79 Å². The van der Waals surface area contributed by atoms with E-state index in [-0.39, 0.29) is 5.91 Å². The molecule has 0 aromatic carbocycles. The van der Waals surface area contributed by atoms with Crippen LogP contribution in [0.25, 0.3) is 0 Å². The molecule has 122 valence electrons. The minimum atomic E-state index is -0.589. The first-order valence-electron chi connectivity index (χ1n) is 8.60. The molecule has 0 unspecified atom stereocenters. The number of fused-ring (bicyclic) bond motifs is 1. The zero-order valence-corrected chi connectivity index (χ0v) is 13.9. The van der Waals surface area contributed by atoms with Crippen molar-refractivity contribution < 1.29 is 9.32 Å². The van der Waals surface area contributed by atoms with Crippen molar-refractivity contribution in [3.8, 4) is 0 Å². The van der Waals surface area contributed by atoms with Crippen LogP contribution in [0.3, 0.4) is 0 Å². The predicted octanol–water partition coefficient (Wildman–Crippen LogP) is 3.51. The lowest BCUT2D eigenvalue weighted by Gasteiger charge is -2.39. The molecule has 0 radical (unpaired) electrons. The SMILES string of the molecule is CC(=O)NC(C)(C)c1noc([C@@H]2CCC[C@@H]3CCCC[C@H]32)n1. The Morgan fingerprint density at radius 3 is 2.68 bits per heavy atom. The molecule has 0 saturated heterocycles. The zero-order valence-electron chi connectivity index (χ0n) is 13.9. The van der Waals surface area contributed by atoms with Gasteiger partial charge in [0.05, 0.1) is 5.54 Å². The maximum Gasteiger partial charge on any atom is 0.230 e. The first-order valence-corrected chi connectivity index (χ1v) is 8.60. The van der Waals surface area contributed by atoms with Crippen LogP contribution in [0.2, 0.25) is 0 Å². The van der Waals surface area contributed by atoms with E-state index in [1.165, 1.54) is 45.4 Å². The lowest BCUT2D eigenvalue weighted by molar-refractivity contribution is -0.120. The Kier molecular flexibility index (Phi) is 4.24. The third kappa shape index (κ3) is 3.03. The summed E-state index contributed by atoms with van der Waals surface area (Å²) in [4.78, 5) is 16.0. The summed E-state index contributed by atoms with van der Waals surface area (Å²) in [5.74, 6) is 3.24. The summed E-state index contributed by atoms with van der Waals surface area (Å²) in [5.41, 5.74) is -0.589. The van der Waals surface area contributed by atoms with Gasteiger partial charge in [0.1, 0.15) is 0 Å². The third-order valence-electron chi connectivity index (χ3n) is 5.38. The van der Waals surface area contributed by atoms with E-state index in [0.717, 1.165) is 18.2 Å². The molecule has 1 amide bonds. The van der Waals surface area contributed by atoms with Gasteiger partial charge in [-0.1, -0.05) is 37.3 Å². The van der Waals surface area contributed by atoms with Crippen molar-refractivity contribution in [2.75, 3.05) is 0 Å². The summed E-state index contributed by atoms with van der Waals surface area (Å²) in [6.07, 6.45) is 9.14. The summed E-state index contributed by atoms with van der Waals surface area (Å²) in [7, 11) is 0. The minimum Gasteiger partial charge on any atom is -0.344 e. The van der Waals surface area contributed by atoms with Gasteiger partial charge in [0.2, 0.25) is 11.8 Å². The van der Waals surface area contributed by atoms with Crippen molar-refractivity contribution in [1.82, 2.24) is 15.5 Å². The Morgan fingerprint density at radius 1 is 1.18 bits per heavy atom. The molecular weight excluding hydrogens is 278 g/mol. The molecule has 2 saturated carbocycles. The van der Waals surface area contributed by atoms with E-state index >= 15 is 0 Å². The van der Waals surface area contributed by atoms with Crippen molar-refractivity contribution >= 4 is 5.91 Å². The second kappa shape index (κ2) is 6.01. The topological polar surface area (TPSA) is 68.0 Å². The molecule has 1 aromatic rings. The van der Waals surface area contributed by atoms with Crippen molar-refractivity contribution in [1.29, 1.82) is 0 Å². The fourth-order valence-corrected chi connectivity index (χ4v) is 4.38. The van der Waals surface area contributed by atoms with Gasteiger partial charge in [-0.2, -0.15) is 4.98 Å². The van der Waals surface area contributed by atoms with Gasteiger partial charge in [-0.3, -0.25) is 4.79 Å². The molecule has 1 heterocycles. The molecular formula is C17H27N3O2. The molecule has 5 nitrogen and oxygen atoms in total. The van der Waals surface area contributed by atoms with Crippen molar-refractivity contribution in [3.63, 3.8) is 0 Å². The summed E-state index contributed by atoms with van der Waals surface area (Å²) in [6.45, 7) is 5.33. The number of nitrogens with one attached hydrogen (secondary N) is 1. The molecule has 2 aliphatic rings. The van der Waals surface area contributed by atoms with Gasteiger partial charge in [0.25, 0.3) is 0 Å². The van der Waals surface area contributed by atoms with Crippen LogP contribution in [0.15, 0.2) is 4.52 Å². The normalized spacial score (nSPS) is 29.0. The van der Waals surface area contributed by atoms with Gasteiger partial charge in [0, 0.05) is 12.8 Å². The van der Waals surface area contributed by atoms with Crippen LogP contribution in [0.4, 0.5) is 0 Å². The number of aromatic nitrogens is 2. The number of carbonyl (C=O) groups is 1. The van der Waals surface area contributed by atoms with Crippen molar-refractivity contribution in [2.24, 2.45) is 11.8 Å². The number of rotatable bonds is 3. The summed E-state index contributed by atoms with van der Waals surface area (Å²) in [5, 5.41) is 7.04. The molecule has 2 aliphatic carbocycles. The average Bonchev–Trinajstić information content (AvgIpc) is 2.96. The lowest BCUT2D eigenvalue weighted by atomic mass is 9.65. The van der Waals surface area contributed by atoms with E-state index in [4.69, 9.17) is 4.52 Å². The first-order chi connectivity index (χ1) is 10.5. The standard InChI is InChI=1S/C17H27N3O2/c1-11(21)19-17(2,3)16-18-15(22-20-16)14-10-6-8-12-7-4-5-9-13(12)14/h12-14H,4-10H2,1-3H3,(H,19,21)/t12-,13+,14+/m0/s1. The Balaban J connectivity index is 1.79. The van der Waals surface area contributed by atoms with Gasteiger partial charge in [-0.05, 0) is 38.5 Å². The third-order valence-corrected chi connectivity index (χ3v) is 5.38. The smallest absolute Gasteiger partial charge is 0.230 e. The number of hydrogen-bond acceptors (Lipinski definition) is 4. The predicted molar refractivity (Wildman–Crippen MR) is 83.2 cm³/mol. The van der Waals surface area contributed by atoms with Crippen LogP contribution >= 0.6 is 0 Å². The molecule has 1 aromatic heterocycles. The van der Waals surface area contributed by atoms with E-state index in [1.54, 1.807) is 0 Å². The van der Waals surface area contributed by atoms with Crippen LogP contribution in [-0.4, -0.2) is 16.0 Å². The number of hydrogen-bond donors (Lipinski definition) is 1. The van der Waals surface area contributed by atoms with E-state index in [2.05, 4.69) is 15.5 Å². The van der Waals surface area contributed by atoms with Gasteiger partial charge < -0.3 is 9.84 Å². The van der Waals surface area contributed by atoms with Crippen LogP contribution < -0.4 is 5.32 Å². The van der Waals surface area contributed by atoms with Crippen LogP contribution in [0.1, 0.15) is 83.3 Å². The summed E-state index contributed by atoms with van der Waals surface area (Å²) in [6, 6.07) is 0. The largest absolute Gasteiger partial charge is 0.344 e. The van der Waals surface area contributed by atoms with E-state index < -0.39 is 5.54 Å². The van der Waals surface area contributed by atoms with Gasteiger partial charge >= 0.3 is 0 Å². The highest BCUT2D eigenvalue weighted by Crippen LogP contribution is 2.47. The number of amides is 1. The molecule has 3 rings (SSSR count). The second-order valence-electron chi connectivity index (χ2n) is 7.51. The van der Waals surface area contributed by atoms with Crippen LogP contribution in [0, 0.1) is 11.8 Å². The fourth-order valence-electron chi connectivity index (χ4n) is 4.38. The quantitative estimate of drug-likeness (QED) is 0.927. The van der Waals surface area contributed by atoms with Crippen LogP contribution in [-0.2, 0) is 10.3 Å². The monoisotopic (exact) mass is 305 g/mol. The van der Waals surface area contributed by atoms with Gasteiger partial charge in [-0.15, -0.1) is 0 Å². The van der Waals surface area contributed by atoms with Crippen LogP contribution in [0.5, 0.6) is 0 Å². The average molecular weight is 305 g/mol.